The first-order valence-electron chi connectivity index (χ1n) is 12.1. The molecule has 0 spiro atoms. The number of hydrogen-bond donors (Lipinski definition) is 0. The summed E-state index contributed by atoms with van der Waals surface area (Å²) in [5.41, 5.74) is 4.02. The fourth-order valence-corrected chi connectivity index (χ4v) is 5.47. The van der Waals surface area contributed by atoms with Crippen molar-refractivity contribution in [2.24, 2.45) is 0 Å². The van der Waals surface area contributed by atoms with Crippen LogP contribution in [0.2, 0.25) is 0 Å². The van der Waals surface area contributed by atoms with Crippen molar-refractivity contribution in [3.05, 3.63) is 98.4 Å². The first kappa shape index (κ1) is 26.1. The van der Waals surface area contributed by atoms with Crippen LogP contribution in [0.3, 0.4) is 0 Å². The quantitative estimate of drug-likeness (QED) is 0.330. The minimum absolute atomic E-state index is 0.239. The zero-order valence-corrected chi connectivity index (χ0v) is 23.1. The van der Waals surface area contributed by atoms with Crippen LogP contribution in [0, 0.1) is 0 Å². The van der Waals surface area contributed by atoms with E-state index in [1.807, 2.05) is 42.5 Å². The van der Waals surface area contributed by atoms with E-state index in [1.54, 1.807) is 36.3 Å². The Bertz CT molecular complexity index is 1420. The Kier molecular flexibility index (Phi) is 7.85. The number of fused-ring (bicyclic) bond motifs is 1. The van der Waals surface area contributed by atoms with Crippen molar-refractivity contribution in [1.29, 1.82) is 0 Å². The van der Waals surface area contributed by atoms with Gasteiger partial charge >= 0.3 is 0 Å². The lowest BCUT2D eigenvalue weighted by molar-refractivity contribution is -0.136. The van der Waals surface area contributed by atoms with Crippen LogP contribution in [-0.2, 0) is 29.2 Å². The molecule has 0 unspecified atom stereocenters. The molecular weight excluding hydrogens is 568 g/mol. The molecule has 1 saturated heterocycles. The number of carbonyl (C=O) groups excluding carboxylic acids is 3. The van der Waals surface area contributed by atoms with Crippen molar-refractivity contribution in [2.75, 3.05) is 20.2 Å². The minimum atomic E-state index is -0.472. The maximum absolute atomic E-state index is 13.0. The van der Waals surface area contributed by atoms with E-state index in [-0.39, 0.29) is 17.4 Å². The smallest absolute Gasteiger partial charge is 0.294 e. The molecule has 7 nitrogen and oxygen atoms in total. The number of amides is 3. The third-order valence-corrected chi connectivity index (χ3v) is 7.88. The predicted octanol–water partition coefficient (Wildman–Crippen LogP) is 5.66. The van der Waals surface area contributed by atoms with Gasteiger partial charge in [-0.3, -0.25) is 19.3 Å². The molecule has 5 rings (SSSR count). The molecule has 2 aliphatic heterocycles. The molecule has 9 heteroatoms. The highest BCUT2D eigenvalue weighted by Crippen LogP contribution is 2.35. The number of methoxy groups -OCH3 is 1. The van der Waals surface area contributed by atoms with E-state index >= 15 is 0 Å². The Labute approximate surface area is 233 Å². The Balaban J connectivity index is 1.24. The van der Waals surface area contributed by atoms with Crippen LogP contribution in [0.4, 0.5) is 4.79 Å². The second-order valence-electron chi connectivity index (χ2n) is 8.93. The third kappa shape index (κ3) is 5.79. The summed E-state index contributed by atoms with van der Waals surface area (Å²) >= 11 is 4.25. The van der Waals surface area contributed by atoms with Gasteiger partial charge < -0.3 is 14.4 Å². The van der Waals surface area contributed by atoms with E-state index in [9.17, 15) is 14.4 Å². The monoisotopic (exact) mass is 592 g/mol. The fourth-order valence-electron chi connectivity index (χ4n) is 4.37. The third-order valence-electron chi connectivity index (χ3n) is 6.44. The topological polar surface area (TPSA) is 76.2 Å². The lowest BCUT2D eigenvalue weighted by atomic mass is 10.00. The van der Waals surface area contributed by atoms with Crippen LogP contribution < -0.4 is 9.47 Å². The maximum atomic E-state index is 13.0. The molecule has 194 valence electrons. The summed E-state index contributed by atoms with van der Waals surface area (Å²) in [5.74, 6) is 0.363. The van der Waals surface area contributed by atoms with Crippen molar-refractivity contribution in [2.45, 2.75) is 19.6 Å². The summed E-state index contributed by atoms with van der Waals surface area (Å²) in [6.45, 7) is 1.16. The Morgan fingerprint density at radius 2 is 1.79 bits per heavy atom. The zero-order chi connectivity index (χ0) is 26.6. The second-order valence-corrected chi connectivity index (χ2v) is 10.8. The van der Waals surface area contributed by atoms with Crippen molar-refractivity contribution in [3.8, 4) is 11.5 Å². The summed E-state index contributed by atoms with van der Waals surface area (Å²) in [4.78, 5) is 41.6. The van der Waals surface area contributed by atoms with E-state index in [0.717, 1.165) is 38.7 Å². The van der Waals surface area contributed by atoms with Gasteiger partial charge in [0.2, 0.25) is 5.91 Å². The van der Waals surface area contributed by atoms with Gasteiger partial charge in [-0.1, -0.05) is 58.4 Å². The second kappa shape index (κ2) is 11.4. The average Bonchev–Trinajstić information content (AvgIpc) is 3.19. The maximum Gasteiger partial charge on any atom is 0.294 e. The number of ether oxygens (including phenoxy) is 2. The Hall–Kier alpha value is -3.56. The summed E-state index contributed by atoms with van der Waals surface area (Å²) in [7, 11) is 1.55. The van der Waals surface area contributed by atoms with E-state index < -0.39 is 11.1 Å². The molecule has 0 saturated carbocycles. The molecule has 3 aromatic rings. The highest BCUT2D eigenvalue weighted by Gasteiger charge is 2.37. The molecule has 0 radical (unpaired) electrons. The van der Waals surface area contributed by atoms with Gasteiger partial charge in [-0.05, 0) is 70.8 Å². The van der Waals surface area contributed by atoms with Gasteiger partial charge in [0, 0.05) is 17.6 Å². The van der Waals surface area contributed by atoms with Gasteiger partial charge in [0.05, 0.1) is 12.0 Å². The molecule has 3 amide bonds. The van der Waals surface area contributed by atoms with Crippen LogP contribution in [0.5, 0.6) is 11.5 Å². The highest BCUT2D eigenvalue weighted by atomic mass is 79.9. The standard InChI is InChI=1S/C29H25BrN2O5S/c1-36-25-14-20(8-11-24(25)37-18-19-6-9-23(30)10-7-19)15-26-28(34)32(29(35)38-26)17-27(33)31-13-12-21-4-2-3-5-22(21)16-31/h2-11,14-15H,12-13,16-18H2,1H3/b26-15-. The number of halogens is 1. The molecular formula is C29H25BrN2O5S. The van der Waals surface area contributed by atoms with Crippen molar-refractivity contribution >= 4 is 50.8 Å². The van der Waals surface area contributed by atoms with Crippen LogP contribution in [-0.4, -0.2) is 47.1 Å². The van der Waals surface area contributed by atoms with Crippen LogP contribution in [0.1, 0.15) is 22.3 Å². The van der Waals surface area contributed by atoms with Gasteiger partial charge in [0.1, 0.15) is 13.2 Å². The number of carbonyl (C=O) groups is 3. The minimum Gasteiger partial charge on any atom is -0.493 e. The van der Waals surface area contributed by atoms with Crippen molar-refractivity contribution < 1.29 is 23.9 Å². The van der Waals surface area contributed by atoms with E-state index in [2.05, 4.69) is 22.0 Å². The van der Waals surface area contributed by atoms with Gasteiger partial charge in [0.15, 0.2) is 11.5 Å². The summed E-state index contributed by atoms with van der Waals surface area (Å²) in [6, 6.07) is 21.2. The van der Waals surface area contributed by atoms with Crippen LogP contribution >= 0.6 is 27.7 Å². The van der Waals surface area contributed by atoms with Gasteiger partial charge in [-0.25, -0.2) is 0 Å². The number of hydrogen-bond acceptors (Lipinski definition) is 6. The molecule has 2 heterocycles. The molecule has 1 fully saturated rings. The number of nitrogens with zero attached hydrogens (tertiary/aromatic N) is 2. The number of imide groups is 1. The molecule has 0 bridgehead atoms. The zero-order valence-electron chi connectivity index (χ0n) is 20.7. The summed E-state index contributed by atoms with van der Waals surface area (Å²) in [6.07, 6.45) is 2.39. The largest absolute Gasteiger partial charge is 0.493 e. The van der Waals surface area contributed by atoms with Crippen LogP contribution in [0.15, 0.2) is 76.1 Å². The number of benzene rings is 3. The molecule has 0 aliphatic carbocycles. The lowest BCUT2D eigenvalue weighted by Crippen LogP contribution is -2.44. The van der Waals surface area contributed by atoms with Crippen LogP contribution in [0.25, 0.3) is 6.08 Å². The average molecular weight is 593 g/mol. The molecule has 38 heavy (non-hydrogen) atoms. The molecule has 3 aromatic carbocycles. The summed E-state index contributed by atoms with van der Waals surface area (Å²) < 4.78 is 12.4. The molecule has 0 aromatic heterocycles. The number of thioether (sulfide) groups is 1. The molecule has 0 atom stereocenters. The predicted molar refractivity (Wildman–Crippen MR) is 150 cm³/mol. The number of rotatable bonds is 7. The normalized spacial score (nSPS) is 16.1. The molecule has 2 aliphatic rings. The first-order valence-corrected chi connectivity index (χ1v) is 13.7. The lowest BCUT2D eigenvalue weighted by Gasteiger charge is -2.29. The van der Waals surface area contributed by atoms with E-state index in [4.69, 9.17) is 9.47 Å². The van der Waals surface area contributed by atoms with E-state index in [1.165, 1.54) is 5.56 Å². The first-order chi connectivity index (χ1) is 18.4. The molecule has 0 N–H and O–H groups in total. The van der Waals surface area contributed by atoms with E-state index in [0.29, 0.717) is 36.8 Å². The fraction of sp³-hybridized carbons (Fsp3) is 0.207. The Morgan fingerprint density at radius 3 is 2.55 bits per heavy atom. The highest BCUT2D eigenvalue weighted by molar-refractivity contribution is 9.10. The van der Waals surface area contributed by atoms with Gasteiger partial charge in [0.25, 0.3) is 11.1 Å². The summed E-state index contributed by atoms with van der Waals surface area (Å²) in [5, 5.41) is -0.451. The van der Waals surface area contributed by atoms with Gasteiger partial charge in [-0.2, -0.15) is 0 Å². The van der Waals surface area contributed by atoms with Gasteiger partial charge in [-0.15, -0.1) is 0 Å². The van der Waals surface area contributed by atoms with Crippen molar-refractivity contribution in [1.82, 2.24) is 9.80 Å². The Morgan fingerprint density at radius 1 is 1.03 bits per heavy atom. The SMILES string of the molecule is COc1cc(/C=C2\SC(=O)N(CC(=O)N3CCc4ccccc4C3)C2=O)ccc1OCc1ccc(Br)cc1. The van der Waals surface area contributed by atoms with Crippen molar-refractivity contribution in [3.63, 3.8) is 0 Å².